The Morgan fingerprint density at radius 3 is 1.77 bits per heavy atom. The average Bonchev–Trinajstić information content (AvgIpc) is 2.58. The van der Waals surface area contributed by atoms with Gasteiger partial charge < -0.3 is 4.98 Å². The van der Waals surface area contributed by atoms with Gasteiger partial charge in [0.2, 0.25) is 0 Å². The molecule has 1 aromatic carbocycles. The zero-order valence-corrected chi connectivity index (χ0v) is 8.12. The van der Waals surface area contributed by atoms with Crippen molar-refractivity contribution >= 4 is 0 Å². The van der Waals surface area contributed by atoms with Crippen LogP contribution in [0.4, 0.5) is 0 Å². The van der Waals surface area contributed by atoms with E-state index in [4.69, 9.17) is 0 Å². The standard InChI is InChI=1S/C7H8.C5H7N/c1-7-5-3-2-4-6-7;1-5-3-2-4-6-5/h2-6H,1H3;2-4,6H,1H3. The maximum Gasteiger partial charge on any atom is 0.0115 e. The molecule has 1 N–H and O–H groups in total. The minimum atomic E-state index is 1.22. The number of hydrogen-bond acceptors (Lipinski definition) is 0. The second-order valence-electron chi connectivity index (χ2n) is 3.01. The minimum absolute atomic E-state index is 1.22. The third-order valence-corrected chi connectivity index (χ3v) is 1.69. The van der Waals surface area contributed by atoms with Gasteiger partial charge in [0.1, 0.15) is 0 Å². The van der Waals surface area contributed by atoms with E-state index in [2.05, 4.69) is 24.0 Å². The molecule has 0 saturated carbocycles. The van der Waals surface area contributed by atoms with Crippen LogP contribution in [0.1, 0.15) is 11.3 Å². The summed E-state index contributed by atoms with van der Waals surface area (Å²) in [5, 5.41) is 0. The largest absolute Gasteiger partial charge is 0.365 e. The van der Waals surface area contributed by atoms with Crippen LogP contribution in [0.3, 0.4) is 0 Å². The third kappa shape index (κ3) is 4.16. The van der Waals surface area contributed by atoms with E-state index in [1.165, 1.54) is 11.3 Å². The van der Waals surface area contributed by atoms with E-state index in [0.717, 1.165) is 0 Å². The molecule has 0 aliphatic carbocycles. The number of aromatic amines is 1. The van der Waals surface area contributed by atoms with Crippen LogP contribution in [-0.2, 0) is 0 Å². The van der Waals surface area contributed by atoms with Crippen molar-refractivity contribution in [1.82, 2.24) is 4.98 Å². The molecule has 2 aromatic rings. The Morgan fingerprint density at radius 1 is 0.846 bits per heavy atom. The predicted octanol–water partition coefficient (Wildman–Crippen LogP) is 3.32. The Labute approximate surface area is 79.4 Å². The zero-order valence-electron chi connectivity index (χ0n) is 8.12. The fourth-order valence-corrected chi connectivity index (χ4v) is 0.954. The van der Waals surface area contributed by atoms with Crippen molar-refractivity contribution in [2.45, 2.75) is 13.8 Å². The van der Waals surface area contributed by atoms with Crippen molar-refractivity contribution in [1.29, 1.82) is 0 Å². The molecule has 0 bridgehead atoms. The molecule has 2 rings (SSSR count). The van der Waals surface area contributed by atoms with Crippen LogP contribution in [-0.4, -0.2) is 4.98 Å². The van der Waals surface area contributed by atoms with Gasteiger partial charge in [0.15, 0.2) is 0 Å². The summed E-state index contributed by atoms with van der Waals surface area (Å²) in [6.45, 7) is 4.11. The van der Waals surface area contributed by atoms with Gasteiger partial charge >= 0.3 is 0 Å². The molecular weight excluding hydrogens is 158 g/mol. The molecular formula is C12H15N. The normalized spacial score (nSPS) is 8.77. The monoisotopic (exact) mass is 173 g/mol. The molecule has 1 aromatic heterocycles. The molecule has 1 heteroatoms. The number of hydrogen-bond donors (Lipinski definition) is 1. The van der Waals surface area contributed by atoms with Crippen molar-refractivity contribution in [3.05, 3.63) is 59.9 Å². The number of rotatable bonds is 0. The van der Waals surface area contributed by atoms with Gasteiger partial charge in [-0.05, 0) is 26.0 Å². The second-order valence-corrected chi connectivity index (χ2v) is 3.01. The number of aryl methyl sites for hydroxylation is 2. The molecule has 0 radical (unpaired) electrons. The predicted molar refractivity (Wildman–Crippen MR) is 56.7 cm³/mol. The highest BCUT2D eigenvalue weighted by atomic mass is 14.7. The van der Waals surface area contributed by atoms with Crippen LogP contribution in [0.2, 0.25) is 0 Å². The molecule has 0 unspecified atom stereocenters. The molecule has 1 heterocycles. The lowest BCUT2D eigenvalue weighted by atomic mass is 10.2. The van der Waals surface area contributed by atoms with Crippen LogP contribution in [0, 0.1) is 13.8 Å². The van der Waals surface area contributed by atoms with Gasteiger partial charge in [-0.3, -0.25) is 0 Å². The molecule has 0 fully saturated rings. The quantitative estimate of drug-likeness (QED) is 0.629. The van der Waals surface area contributed by atoms with Crippen LogP contribution >= 0.6 is 0 Å². The van der Waals surface area contributed by atoms with E-state index in [1.807, 2.05) is 43.5 Å². The van der Waals surface area contributed by atoms with E-state index in [1.54, 1.807) is 0 Å². The first-order chi connectivity index (χ1) is 6.29. The maximum atomic E-state index is 3.00. The highest BCUT2D eigenvalue weighted by molar-refractivity contribution is 5.11. The summed E-state index contributed by atoms with van der Waals surface area (Å²) in [4.78, 5) is 3.00. The summed E-state index contributed by atoms with van der Waals surface area (Å²) in [7, 11) is 0. The first-order valence-electron chi connectivity index (χ1n) is 4.40. The van der Waals surface area contributed by atoms with Gasteiger partial charge in [-0.2, -0.15) is 0 Å². The number of aromatic nitrogens is 1. The fourth-order valence-electron chi connectivity index (χ4n) is 0.954. The molecule has 0 aliphatic heterocycles. The summed E-state index contributed by atoms with van der Waals surface area (Å²) in [5.74, 6) is 0. The first-order valence-corrected chi connectivity index (χ1v) is 4.40. The molecule has 0 saturated heterocycles. The lowest BCUT2D eigenvalue weighted by Gasteiger charge is -1.82. The van der Waals surface area contributed by atoms with Crippen molar-refractivity contribution in [2.75, 3.05) is 0 Å². The molecule has 0 spiro atoms. The van der Waals surface area contributed by atoms with E-state index in [-0.39, 0.29) is 0 Å². The topological polar surface area (TPSA) is 15.8 Å². The molecule has 0 aliphatic rings. The van der Waals surface area contributed by atoms with Crippen molar-refractivity contribution < 1.29 is 0 Å². The lowest BCUT2D eigenvalue weighted by molar-refractivity contribution is 1.27. The van der Waals surface area contributed by atoms with E-state index < -0.39 is 0 Å². The Morgan fingerprint density at radius 2 is 1.54 bits per heavy atom. The number of nitrogens with one attached hydrogen (secondary N) is 1. The summed E-state index contributed by atoms with van der Waals surface area (Å²) in [6.07, 6.45) is 1.91. The van der Waals surface area contributed by atoms with Crippen LogP contribution < -0.4 is 0 Å². The summed E-state index contributed by atoms with van der Waals surface area (Å²) >= 11 is 0. The van der Waals surface area contributed by atoms with Gasteiger partial charge in [0.05, 0.1) is 0 Å². The third-order valence-electron chi connectivity index (χ3n) is 1.69. The van der Waals surface area contributed by atoms with E-state index in [9.17, 15) is 0 Å². The zero-order chi connectivity index (χ0) is 9.52. The van der Waals surface area contributed by atoms with Gasteiger partial charge in [-0.25, -0.2) is 0 Å². The highest BCUT2D eigenvalue weighted by Gasteiger charge is 1.72. The van der Waals surface area contributed by atoms with Crippen LogP contribution in [0.5, 0.6) is 0 Å². The molecule has 0 atom stereocenters. The Bertz CT molecular complexity index is 308. The number of benzene rings is 1. The van der Waals surface area contributed by atoms with Crippen molar-refractivity contribution in [3.63, 3.8) is 0 Å². The van der Waals surface area contributed by atoms with Crippen molar-refractivity contribution in [2.24, 2.45) is 0 Å². The summed E-state index contributed by atoms with van der Waals surface area (Å²) in [5.41, 5.74) is 2.54. The van der Waals surface area contributed by atoms with Crippen LogP contribution in [0.15, 0.2) is 48.7 Å². The first kappa shape index (κ1) is 9.59. The van der Waals surface area contributed by atoms with Crippen LogP contribution in [0.25, 0.3) is 0 Å². The van der Waals surface area contributed by atoms with Crippen molar-refractivity contribution in [3.8, 4) is 0 Å². The Hall–Kier alpha value is -1.50. The second kappa shape index (κ2) is 5.20. The SMILES string of the molecule is Cc1ccc[nH]1.Cc1ccccc1. The molecule has 1 nitrogen and oxygen atoms in total. The molecule has 68 valence electrons. The molecule has 0 amide bonds. The minimum Gasteiger partial charge on any atom is -0.365 e. The van der Waals surface area contributed by atoms with E-state index >= 15 is 0 Å². The summed E-state index contributed by atoms with van der Waals surface area (Å²) in [6, 6.07) is 14.3. The van der Waals surface area contributed by atoms with Gasteiger partial charge in [-0.15, -0.1) is 0 Å². The molecule has 13 heavy (non-hydrogen) atoms. The lowest BCUT2D eigenvalue weighted by Crippen LogP contribution is -1.62. The summed E-state index contributed by atoms with van der Waals surface area (Å²) < 4.78 is 0. The van der Waals surface area contributed by atoms with Gasteiger partial charge in [0, 0.05) is 11.9 Å². The van der Waals surface area contributed by atoms with Gasteiger partial charge in [0.25, 0.3) is 0 Å². The van der Waals surface area contributed by atoms with E-state index in [0.29, 0.717) is 0 Å². The average molecular weight is 173 g/mol. The van der Waals surface area contributed by atoms with Gasteiger partial charge in [-0.1, -0.05) is 35.9 Å². The Balaban J connectivity index is 0.000000132. The smallest absolute Gasteiger partial charge is 0.0115 e. The highest BCUT2D eigenvalue weighted by Crippen LogP contribution is 1.92. The fraction of sp³-hybridized carbons (Fsp3) is 0.167. The Kier molecular flexibility index (Phi) is 3.83. The maximum absolute atomic E-state index is 3.00. The number of H-pyrrole nitrogens is 1.